The van der Waals surface area contributed by atoms with Gasteiger partial charge in [-0.05, 0) is 47.9 Å². The van der Waals surface area contributed by atoms with Crippen molar-refractivity contribution in [2.24, 2.45) is 5.92 Å². The van der Waals surface area contributed by atoms with E-state index in [0.717, 1.165) is 54.7 Å². The van der Waals surface area contributed by atoms with Gasteiger partial charge in [0.1, 0.15) is 0 Å². The molecular weight excluding hydrogens is 388 g/mol. The topological polar surface area (TPSA) is 75.1 Å². The van der Waals surface area contributed by atoms with Crippen LogP contribution in [0.2, 0.25) is 0 Å². The quantitative estimate of drug-likeness (QED) is 0.453. The van der Waals surface area contributed by atoms with Gasteiger partial charge in [-0.2, -0.15) is 0 Å². The highest BCUT2D eigenvalue weighted by atomic mass is 16.4. The van der Waals surface area contributed by atoms with Crippen molar-refractivity contribution in [3.63, 3.8) is 0 Å². The summed E-state index contributed by atoms with van der Waals surface area (Å²) in [5.74, 6) is -0.356. The molecule has 0 radical (unpaired) electrons. The predicted octanol–water partition coefficient (Wildman–Crippen LogP) is 5.52. The molecule has 31 heavy (non-hydrogen) atoms. The Morgan fingerprint density at radius 2 is 1.81 bits per heavy atom. The van der Waals surface area contributed by atoms with E-state index in [2.05, 4.69) is 25.8 Å². The number of unbranched alkanes of at least 4 members (excludes halogenated alkanes) is 1. The van der Waals surface area contributed by atoms with E-state index in [4.69, 9.17) is 0 Å². The van der Waals surface area contributed by atoms with E-state index in [1.165, 1.54) is 0 Å². The molecule has 0 saturated carbocycles. The number of rotatable bonds is 10. The van der Waals surface area contributed by atoms with E-state index in [1.807, 2.05) is 41.0 Å². The molecular formula is C26H32N2O3. The van der Waals surface area contributed by atoms with E-state index >= 15 is 0 Å². The van der Waals surface area contributed by atoms with Gasteiger partial charge < -0.3 is 10.1 Å². The summed E-state index contributed by atoms with van der Waals surface area (Å²) in [6.07, 6.45) is 4.59. The van der Waals surface area contributed by atoms with Crippen LogP contribution in [0.1, 0.15) is 67.3 Å². The summed E-state index contributed by atoms with van der Waals surface area (Å²) >= 11 is 0. The number of imidazole rings is 1. The van der Waals surface area contributed by atoms with Crippen LogP contribution in [0.4, 0.5) is 0 Å². The summed E-state index contributed by atoms with van der Waals surface area (Å²) in [7, 11) is 0. The van der Waals surface area contributed by atoms with Crippen LogP contribution in [-0.4, -0.2) is 20.6 Å². The van der Waals surface area contributed by atoms with Gasteiger partial charge in [0.25, 0.3) is 0 Å². The molecule has 0 saturated heterocycles. The first-order valence-corrected chi connectivity index (χ1v) is 11.1. The van der Waals surface area contributed by atoms with Crippen molar-refractivity contribution in [3.05, 3.63) is 81.5 Å². The lowest BCUT2D eigenvalue weighted by Crippen LogP contribution is -2.19. The van der Waals surface area contributed by atoms with Gasteiger partial charge in [0.05, 0.1) is 5.56 Å². The molecule has 2 aromatic carbocycles. The number of benzene rings is 2. The largest absolute Gasteiger partial charge is 0.478 e. The molecule has 0 fully saturated rings. The van der Waals surface area contributed by atoms with Gasteiger partial charge in [-0.3, -0.25) is 4.57 Å². The number of carboxylic acid groups (broad SMARTS) is 1. The van der Waals surface area contributed by atoms with Crippen molar-refractivity contribution >= 4 is 5.97 Å². The Morgan fingerprint density at radius 1 is 1.10 bits per heavy atom. The Morgan fingerprint density at radius 3 is 2.45 bits per heavy atom. The number of H-pyrrole nitrogens is 1. The van der Waals surface area contributed by atoms with Crippen LogP contribution >= 0.6 is 0 Å². The summed E-state index contributed by atoms with van der Waals surface area (Å²) in [6.45, 7) is 7.25. The minimum Gasteiger partial charge on any atom is -0.478 e. The molecule has 0 aliphatic rings. The zero-order chi connectivity index (χ0) is 22.4. The van der Waals surface area contributed by atoms with E-state index < -0.39 is 5.97 Å². The smallest absolute Gasteiger partial charge is 0.336 e. The van der Waals surface area contributed by atoms with Crippen LogP contribution in [0.25, 0.3) is 11.1 Å². The summed E-state index contributed by atoms with van der Waals surface area (Å²) in [5, 5.41) is 9.46. The maximum Gasteiger partial charge on any atom is 0.336 e. The van der Waals surface area contributed by atoms with Crippen molar-refractivity contribution < 1.29 is 9.90 Å². The van der Waals surface area contributed by atoms with Crippen LogP contribution in [0.15, 0.2) is 53.3 Å². The molecule has 5 heteroatoms. The van der Waals surface area contributed by atoms with Gasteiger partial charge in [0.2, 0.25) is 0 Å². The average molecular weight is 421 g/mol. The lowest BCUT2D eigenvalue weighted by molar-refractivity contribution is 0.0697. The average Bonchev–Trinajstić information content (AvgIpc) is 3.05. The van der Waals surface area contributed by atoms with E-state index in [-0.39, 0.29) is 5.69 Å². The number of aromatic amines is 1. The Labute approximate surface area is 183 Å². The first kappa shape index (κ1) is 22.6. The molecule has 0 bridgehead atoms. The number of carboxylic acids is 1. The van der Waals surface area contributed by atoms with E-state index in [1.54, 1.807) is 12.1 Å². The molecule has 3 aromatic rings. The van der Waals surface area contributed by atoms with Crippen LogP contribution in [0.5, 0.6) is 0 Å². The van der Waals surface area contributed by atoms with Gasteiger partial charge in [-0.1, -0.05) is 69.7 Å². The third-order valence-corrected chi connectivity index (χ3v) is 5.68. The highest BCUT2D eigenvalue weighted by Gasteiger charge is 2.15. The van der Waals surface area contributed by atoms with Crippen molar-refractivity contribution in [3.8, 4) is 11.1 Å². The zero-order valence-electron chi connectivity index (χ0n) is 18.6. The number of nitrogens with one attached hydrogen (secondary N) is 1. The van der Waals surface area contributed by atoms with Crippen molar-refractivity contribution in [2.75, 3.05) is 0 Å². The predicted molar refractivity (Wildman–Crippen MR) is 125 cm³/mol. The first-order valence-electron chi connectivity index (χ1n) is 11.1. The van der Waals surface area contributed by atoms with Crippen LogP contribution in [0, 0.1) is 5.92 Å². The van der Waals surface area contributed by atoms with Crippen molar-refractivity contribution in [1.29, 1.82) is 0 Å². The van der Waals surface area contributed by atoms with Gasteiger partial charge >= 0.3 is 11.7 Å². The minimum absolute atomic E-state index is 0.0192. The minimum atomic E-state index is -0.929. The second-order valence-electron chi connectivity index (χ2n) is 8.52. The monoisotopic (exact) mass is 420 g/mol. The SMILES string of the molecule is CCCCn1c(Cc2ccc(-c3ccccc3C(=O)O)cc2)c(CCC(C)C)[nH]c1=O. The molecule has 1 aromatic heterocycles. The number of aromatic nitrogens is 2. The number of nitrogens with zero attached hydrogens (tertiary/aromatic N) is 1. The molecule has 0 aliphatic carbocycles. The van der Waals surface area contributed by atoms with E-state index in [9.17, 15) is 14.7 Å². The molecule has 164 valence electrons. The Bertz CT molecular complexity index is 1070. The maximum atomic E-state index is 12.6. The number of carbonyl (C=O) groups is 1. The first-order chi connectivity index (χ1) is 14.9. The number of hydrogen-bond donors (Lipinski definition) is 2. The summed E-state index contributed by atoms with van der Waals surface area (Å²) < 4.78 is 1.90. The van der Waals surface area contributed by atoms with Crippen LogP contribution < -0.4 is 5.69 Å². The molecule has 0 aliphatic heterocycles. The summed E-state index contributed by atoms with van der Waals surface area (Å²) in [4.78, 5) is 27.2. The molecule has 0 amide bonds. The molecule has 5 nitrogen and oxygen atoms in total. The maximum absolute atomic E-state index is 12.6. The van der Waals surface area contributed by atoms with Crippen molar-refractivity contribution in [2.45, 2.75) is 59.4 Å². The number of aromatic carboxylic acids is 1. The second-order valence-corrected chi connectivity index (χ2v) is 8.52. The zero-order valence-corrected chi connectivity index (χ0v) is 18.6. The molecule has 0 atom stereocenters. The van der Waals surface area contributed by atoms with Crippen LogP contribution in [0.3, 0.4) is 0 Å². The van der Waals surface area contributed by atoms with Gasteiger partial charge in [-0.15, -0.1) is 0 Å². The van der Waals surface area contributed by atoms with Crippen molar-refractivity contribution in [1.82, 2.24) is 9.55 Å². The molecule has 3 rings (SSSR count). The summed E-state index contributed by atoms with van der Waals surface area (Å²) in [6, 6.07) is 15.0. The summed E-state index contributed by atoms with van der Waals surface area (Å²) in [5.41, 5.74) is 5.07. The van der Waals surface area contributed by atoms with Crippen LogP contribution in [-0.2, 0) is 19.4 Å². The Balaban J connectivity index is 1.90. The Kier molecular flexibility index (Phi) is 7.50. The molecule has 0 unspecified atom stereocenters. The highest BCUT2D eigenvalue weighted by molar-refractivity contribution is 5.95. The lowest BCUT2D eigenvalue weighted by Gasteiger charge is -2.12. The number of aryl methyl sites for hydroxylation is 1. The Hall–Kier alpha value is -3.08. The van der Waals surface area contributed by atoms with E-state index in [0.29, 0.717) is 23.5 Å². The molecule has 1 heterocycles. The number of hydrogen-bond acceptors (Lipinski definition) is 2. The van der Waals surface area contributed by atoms with Gasteiger partial charge in [0, 0.05) is 24.4 Å². The highest BCUT2D eigenvalue weighted by Crippen LogP contribution is 2.25. The third-order valence-electron chi connectivity index (χ3n) is 5.68. The standard InChI is InChI=1S/C26H32N2O3/c1-4-5-16-28-24(23(27-26(28)31)15-10-18(2)3)17-19-11-13-20(14-12-19)21-8-6-7-9-22(21)25(29)30/h6-9,11-14,18H,4-5,10,15-17H2,1-3H3,(H,27,31)(H,29,30). The third kappa shape index (κ3) is 5.54. The fraction of sp³-hybridized carbons (Fsp3) is 0.385. The lowest BCUT2D eigenvalue weighted by atomic mass is 9.97. The molecule has 2 N–H and O–H groups in total. The van der Waals surface area contributed by atoms with Gasteiger partial charge in [0.15, 0.2) is 0 Å². The van der Waals surface area contributed by atoms with Gasteiger partial charge in [-0.25, -0.2) is 9.59 Å². The second kappa shape index (κ2) is 10.3. The fourth-order valence-corrected chi connectivity index (χ4v) is 3.87. The fourth-order valence-electron chi connectivity index (χ4n) is 3.87. The normalized spacial score (nSPS) is 11.2. The molecule has 0 spiro atoms.